The first kappa shape index (κ1) is 17.7. The molecule has 23 heavy (non-hydrogen) atoms. The number of amides is 1. The summed E-state index contributed by atoms with van der Waals surface area (Å²) in [6.45, 7) is 2.97. The van der Waals surface area contributed by atoms with Gasteiger partial charge in [0.25, 0.3) is 0 Å². The largest absolute Gasteiger partial charge is 0.348 e. The molecule has 0 bridgehead atoms. The summed E-state index contributed by atoms with van der Waals surface area (Å²) < 4.78 is 26.4. The lowest BCUT2D eigenvalue weighted by molar-refractivity contribution is -0.123. The lowest BCUT2D eigenvalue weighted by Crippen LogP contribution is -2.47. The van der Waals surface area contributed by atoms with Gasteiger partial charge in [0, 0.05) is 23.9 Å². The summed E-state index contributed by atoms with van der Waals surface area (Å²) in [6, 6.07) is 6.23. The number of carbonyl (C=O) groups is 1. The molecule has 1 aromatic carbocycles. The zero-order valence-electron chi connectivity index (χ0n) is 13.1. The summed E-state index contributed by atoms with van der Waals surface area (Å²) in [7, 11) is -2.01. The predicted octanol–water partition coefficient (Wildman–Crippen LogP) is 2.05. The van der Waals surface area contributed by atoms with Gasteiger partial charge in [0.15, 0.2) is 9.84 Å². The van der Waals surface area contributed by atoms with Gasteiger partial charge in [0.05, 0.1) is 11.4 Å². The minimum Gasteiger partial charge on any atom is -0.348 e. The summed E-state index contributed by atoms with van der Waals surface area (Å²) >= 11 is 3.26. The number of carbonyl (C=O) groups excluding carboxylic acids is 1. The summed E-state index contributed by atoms with van der Waals surface area (Å²) in [5.74, 6) is 0.0820. The zero-order valence-corrected chi connectivity index (χ0v) is 15.5. The van der Waals surface area contributed by atoms with Crippen molar-refractivity contribution in [3.05, 3.63) is 47.0 Å². The van der Waals surface area contributed by atoms with Crippen molar-refractivity contribution in [1.29, 1.82) is 0 Å². The quantitative estimate of drug-likeness (QED) is 0.833. The maximum absolute atomic E-state index is 12.7. The maximum Gasteiger partial charge on any atom is 0.241 e. The topological polar surface area (TPSA) is 81.1 Å². The molecule has 0 fully saturated rings. The Kier molecular flexibility index (Phi) is 4.95. The van der Waals surface area contributed by atoms with Crippen LogP contribution in [0.5, 0.6) is 0 Å². The monoisotopic (exact) mass is 399 g/mol. The predicted molar refractivity (Wildman–Crippen MR) is 90.5 cm³/mol. The Morgan fingerprint density at radius 2 is 1.91 bits per heavy atom. The second-order valence-corrected chi connectivity index (χ2v) is 9.02. The Bertz CT molecular complexity index is 811. The van der Waals surface area contributed by atoms with Crippen LogP contribution in [0.25, 0.3) is 0 Å². The van der Waals surface area contributed by atoms with E-state index in [4.69, 9.17) is 0 Å². The van der Waals surface area contributed by atoms with Gasteiger partial charge in [-0.2, -0.15) is 0 Å². The van der Waals surface area contributed by atoms with Crippen LogP contribution in [0.2, 0.25) is 0 Å². The minimum atomic E-state index is -3.82. The number of nitrogens with zero attached hydrogens (tertiary/aromatic N) is 2. The normalized spacial score (nSPS) is 12.2. The molecule has 0 atom stereocenters. The second kappa shape index (κ2) is 6.45. The van der Waals surface area contributed by atoms with E-state index < -0.39 is 20.5 Å². The molecule has 0 unspecified atom stereocenters. The third-order valence-corrected chi connectivity index (χ3v) is 6.62. The van der Waals surface area contributed by atoms with Crippen LogP contribution in [0, 0.1) is 0 Å². The van der Waals surface area contributed by atoms with E-state index in [9.17, 15) is 13.2 Å². The van der Waals surface area contributed by atoms with E-state index in [-0.39, 0.29) is 11.4 Å². The summed E-state index contributed by atoms with van der Waals surface area (Å²) in [4.78, 5) is 16.6. The van der Waals surface area contributed by atoms with Gasteiger partial charge in [-0.1, -0.05) is 15.9 Å². The number of hydrogen-bond donors (Lipinski definition) is 1. The molecule has 0 radical (unpaired) electrons. The van der Waals surface area contributed by atoms with Gasteiger partial charge in [0.1, 0.15) is 10.6 Å². The van der Waals surface area contributed by atoms with Crippen LogP contribution >= 0.6 is 15.9 Å². The molecule has 0 spiro atoms. The highest BCUT2D eigenvalue weighted by molar-refractivity contribution is 9.10. The molecule has 1 amide bonds. The van der Waals surface area contributed by atoms with E-state index >= 15 is 0 Å². The average molecular weight is 400 g/mol. The summed E-state index contributed by atoms with van der Waals surface area (Å²) in [5.41, 5.74) is 0. The Morgan fingerprint density at radius 3 is 2.43 bits per heavy atom. The van der Waals surface area contributed by atoms with E-state index in [0.717, 1.165) is 4.47 Å². The fraction of sp³-hybridized carbons (Fsp3) is 0.333. The molecular weight excluding hydrogens is 382 g/mol. The molecule has 0 saturated carbocycles. The number of imidazole rings is 1. The molecule has 124 valence electrons. The first-order valence-corrected chi connectivity index (χ1v) is 9.18. The van der Waals surface area contributed by atoms with Crippen molar-refractivity contribution in [3.63, 3.8) is 0 Å². The highest BCUT2D eigenvalue weighted by Gasteiger charge is 2.42. The fourth-order valence-corrected chi connectivity index (χ4v) is 3.63. The standard InChI is InChI=1S/C15H18BrN3O3S/c1-15(2,14(20)18-10-13-17-8-9-19(13)3)23(21,22)12-6-4-11(16)5-7-12/h4-9H,10H2,1-3H3,(H,18,20). The average Bonchev–Trinajstić information content (AvgIpc) is 2.90. The fourth-order valence-electron chi connectivity index (χ4n) is 1.97. The van der Waals surface area contributed by atoms with Crippen LogP contribution in [-0.2, 0) is 28.2 Å². The third-order valence-electron chi connectivity index (χ3n) is 3.67. The van der Waals surface area contributed by atoms with Gasteiger partial charge < -0.3 is 9.88 Å². The van der Waals surface area contributed by atoms with Crippen molar-refractivity contribution in [2.24, 2.45) is 7.05 Å². The van der Waals surface area contributed by atoms with E-state index in [0.29, 0.717) is 5.82 Å². The molecule has 1 N–H and O–H groups in total. The summed E-state index contributed by atoms with van der Waals surface area (Å²) in [6.07, 6.45) is 3.37. The Morgan fingerprint density at radius 1 is 1.30 bits per heavy atom. The number of aromatic nitrogens is 2. The van der Waals surface area contributed by atoms with Crippen molar-refractivity contribution >= 4 is 31.7 Å². The highest BCUT2D eigenvalue weighted by Crippen LogP contribution is 2.26. The van der Waals surface area contributed by atoms with Crippen LogP contribution in [-0.4, -0.2) is 28.6 Å². The highest BCUT2D eigenvalue weighted by atomic mass is 79.9. The molecule has 6 nitrogen and oxygen atoms in total. The molecule has 0 aliphatic heterocycles. The number of rotatable bonds is 5. The minimum absolute atomic E-state index is 0.109. The van der Waals surface area contributed by atoms with E-state index in [1.165, 1.54) is 26.0 Å². The van der Waals surface area contributed by atoms with Crippen LogP contribution in [0.1, 0.15) is 19.7 Å². The lowest BCUT2D eigenvalue weighted by Gasteiger charge is -2.24. The molecule has 1 heterocycles. The van der Waals surface area contributed by atoms with Crippen molar-refractivity contribution < 1.29 is 13.2 Å². The van der Waals surface area contributed by atoms with E-state index in [1.807, 2.05) is 0 Å². The van der Waals surface area contributed by atoms with Gasteiger partial charge >= 0.3 is 0 Å². The van der Waals surface area contributed by atoms with Gasteiger partial charge in [-0.05, 0) is 38.1 Å². The number of hydrogen-bond acceptors (Lipinski definition) is 4. The molecule has 2 aromatic rings. The molecular formula is C15H18BrN3O3S. The van der Waals surface area contributed by atoms with Crippen molar-refractivity contribution in [1.82, 2.24) is 14.9 Å². The number of aryl methyl sites for hydroxylation is 1. The van der Waals surface area contributed by atoms with Crippen LogP contribution in [0.15, 0.2) is 46.0 Å². The molecule has 1 aromatic heterocycles. The van der Waals surface area contributed by atoms with Crippen molar-refractivity contribution in [2.45, 2.75) is 30.0 Å². The van der Waals surface area contributed by atoms with E-state index in [1.54, 1.807) is 36.1 Å². The molecule has 2 rings (SSSR count). The summed E-state index contributed by atoms with van der Waals surface area (Å²) in [5, 5.41) is 2.64. The molecule has 8 heteroatoms. The zero-order chi connectivity index (χ0) is 17.3. The Hall–Kier alpha value is -1.67. The van der Waals surface area contributed by atoms with E-state index in [2.05, 4.69) is 26.2 Å². The second-order valence-electron chi connectivity index (χ2n) is 5.60. The first-order chi connectivity index (χ1) is 10.7. The van der Waals surface area contributed by atoms with Crippen LogP contribution in [0.3, 0.4) is 0 Å². The third kappa shape index (κ3) is 3.48. The maximum atomic E-state index is 12.7. The van der Waals surface area contributed by atoms with Crippen molar-refractivity contribution in [2.75, 3.05) is 0 Å². The first-order valence-electron chi connectivity index (χ1n) is 6.91. The molecule has 0 aliphatic carbocycles. The lowest BCUT2D eigenvalue weighted by atomic mass is 10.2. The Balaban J connectivity index is 2.20. The van der Waals surface area contributed by atoms with Gasteiger partial charge in [-0.25, -0.2) is 13.4 Å². The Labute approximate surface area is 144 Å². The number of halogens is 1. The molecule has 0 aliphatic rings. The van der Waals surface area contributed by atoms with Crippen LogP contribution < -0.4 is 5.32 Å². The van der Waals surface area contributed by atoms with Crippen molar-refractivity contribution in [3.8, 4) is 0 Å². The number of sulfone groups is 1. The molecule has 0 saturated heterocycles. The van der Waals surface area contributed by atoms with Gasteiger partial charge in [-0.15, -0.1) is 0 Å². The van der Waals surface area contributed by atoms with Crippen LogP contribution in [0.4, 0.5) is 0 Å². The number of nitrogens with one attached hydrogen (secondary N) is 1. The van der Waals surface area contributed by atoms with Gasteiger partial charge in [0.2, 0.25) is 5.91 Å². The SMILES string of the molecule is Cn1ccnc1CNC(=O)C(C)(C)S(=O)(=O)c1ccc(Br)cc1. The van der Waals surface area contributed by atoms with Gasteiger partial charge in [-0.3, -0.25) is 4.79 Å². The smallest absolute Gasteiger partial charge is 0.241 e. The number of benzene rings is 1.